The van der Waals surface area contributed by atoms with E-state index in [1.807, 2.05) is 6.07 Å². The van der Waals surface area contributed by atoms with Crippen molar-refractivity contribution in [3.05, 3.63) is 28.8 Å². The fraction of sp³-hybridized carbons (Fsp3) is 0.562. The fourth-order valence-corrected chi connectivity index (χ4v) is 3.46. The van der Waals surface area contributed by atoms with Gasteiger partial charge in [0, 0.05) is 26.2 Å². The second kappa shape index (κ2) is 5.80. The lowest BCUT2D eigenvalue weighted by atomic mass is 9.72. The predicted molar refractivity (Wildman–Crippen MR) is 84.8 cm³/mol. The number of anilines is 1. The monoisotopic (exact) mass is 305 g/mol. The fourth-order valence-electron chi connectivity index (χ4n) is 3.16. The molecule has 2 fully saturated rings. The molecule has 1 aromatic carbocycles. The van der Waals surface area contributed by atoms with Crippen molar-refractivity contribution in [3.63, 3.8) is 0 Å². The number of hydrogen-bond acceptors (Lipinski definition) is 4. The van der Waals surface area contributed by atoms with Crippen LogP contribution in [0.4, 0.5) is 5.69 Å². The molecule has 1 heterocycles. The van der Waals surface area contributed by atoms with E-state index in [-0.39, 0.29) is 5.54 Å². The summed E-state index contributed by atoms with van der Waals surface area (Å²) in [6, 6.07) is 6.12. The van der Waals surface area contributed by atoms with Crippen LogP contribution in [-0.2, 0) is 10.3 Å². The summed E-state index contributed by atoms with van der Waals surface area (Å²) in [6.45, 7) is 4.09. The molecule has 1 saturated heterocycles. The Labute approximate surface area is 130 Å². The molecule has 1 aliphatic carbocycles. The minimum absolute atomic E-state index is 0.369. The maximum atomic E-state index is 10.7. The van der Waals surface area contributed by atoms with E-state index >= 15 is 0 Å². The summed E-state index contributed by atoms with van der Waals surface area (Å²) >= 11 is 6.49. The number of halogens is 1. The van der Waals surface area contributed by atoms with Crippen molar-refractivity contribution in [2.75, 3.05) is 38.1 Å². The molecule has 0 spiro atoms. The Morgan fingerprint density at radius 2 is 1.95 bits per heavy atom. The number of carbonyl (C=O) groups excluding carboxylic acids is 1. The van der Waals surface area contributed by atoms with E-state index in [1.54, 1.807) is 6.08 Å². The topological polar surface area (TPSA) is 35.9 Å². The van der Waals surface area contributed by atoms with Crippen molar-refractivity contribution >= 4 is 23.4 Å². The Bertz CT molecular complexity index is 571. The quantitative estimate of drug-likeness (QED) is 0.636. The molecule has 0 bridgehead atoms. The summed E-state index contributed by atoms with van der Waals surface area (Å²) in [5.41, 5.74) is 1.75. The predicted octanol–water partition coefficient (Wildman–Crippen LogP) is 2.81. The van der Waals surface area contributed by atoms with Crippen LogP contribution in [0.1, 0.15) is 24.8 Å². The van der Waals surface area contributed by atoms with Crippen LogP contribution in [0, 0.1) is 0 Å². The van der Waals surface area contributed by atoms with E-state index in [9.17, 15) is 4.79 Å². The zero-order valence-corrected chi connectivity index (χ0v) is 13.1. The van der Waals surface area contributed by atoms with Gasteiger partial charge in [0.25, 0.3) is 0 Å². The van der Waals surface area contributed by atoms with Crippen LogP contribution in [0.2, 0.25) is 5.02 Å². The van der Waals surface area contributed by atoms with E-state index in [1.165, 1.54) is 0 Å². The number of aliphatic imine (C=N–C) groups is 1. The van der Waals surface area contributed by atoms with E-state index < -0.39 is 0 Å². The van der Waals surface area contributed by atoms with Gasteiger partial charge in [-0.25, -0.2) is 4.79 Å². The second-order valence-corrected chi connectivity index (χ2v) is 6.45. The molecule has 5 heteroatoms. The molecule has 0 radical (unpaired) electrons. The minimum Gasteiger partial charge on any atom is -0.368 e. The number of hydrogen-bond donors (Lipinski definition) is 0. The first-order valence-electron chi connectivity index (χ1n) is 7.47. The third-order valence-electron chi connectivity index (χ3n) is 4.77. The highest BCUT2D eigenvalue weighted by Gasteiger charge is 2.39. The molecule has 4 nitrogen and oxygen atoms in total. The summed E-state index contributed by atoms with van der Waals surface area (Å²) in [5, 5.41) is 0.754. The summed E-state index contributed by atoms with van der Waals surface area (Å²) in [5.74, 6) is 0. The standard InChI is InChI=1S/C16H20ClN3O/c1-19-7-9-20(10-8-19)15-4-3-13(11-14(15)17)16(18-12-21)5-2-6-16/h3-4,11H,2,5-10H2,1H3. The zero-order chi connectivity index (χ0) is 14.9. The average Bonchev–Trinajstić information content (AvgIpc) is 2.44. The Morgan fingerprint density at radius 1 is 1.24 bits per heavy atom. The van der Waals surface area contributed by atoms with Gasteiger partial charge in [-0.05, 0) is 44.0 Å². The summed E-state index contributed by atoms with van der Waals surface area (Å²) in [7, 11) is 2.14. The average molecular weight is 306 g/mol. The number of rotatable bonds is 3. The lowest BCUT2D eigenvalue weighted by Gasteiger charge is -2.38. The lowest BCUT2D eigenvalue weighted by molar-refractivity contribution is 0.256. The summed E-state index contributed by atoms with van der Waals surface area (Å²) in [6.07, 6.45) is 4.65. The third-order valence-corrected chi connectivity index (χ3v) is 5.07. The van der Waals surface area contributed by atoms with Crippen molar-refractivity contribution < 1.29 is 4.79 Å². The number of benzene rings is 1. The third kappa shape index (κ3) is 2.71. The van der Waals surface area contributed by atoms with Crippen LogP contribution in [0.15, 0.2) is 23.2 Å². The maximum absolute atomic E-state index is 10.7. The smallest absolute Gasteiger partial charge is 0.235 e. The Kier molecular flexibility index (Phi) is 4.03. The van der Waals surface area contributed by atoms with Crippen LogP contribution in [-0.4, -0.2) is 44.2 Å². The van der Waals surface area contributed by atoms with Crippen LogP contribution in [0.5, 0.6) is 0 Å². The number of nitrogens with zero attached hydrogens (tertiary/aromatic N) is 3. The molecule has 112 valence electrons. The molecule has 0 amide bonds. The largest absolute Gasteiger partial charge is 0.368 e. The first-order chi connectivity index (χ1) is 10.1. The molecule has 2 aliphatic rings. The van der Waals surface area contributed by atoms with Gasteiger partial charge in [-0.3, -0.25) is 0 Å². The molecule has 21 heavy (non-hydrogen) atoms. The molecule has 0 atom stereocenters. The van der Waals surface area contributed by atoms with Gasteiger partial charge >= 0.3 is 0 Å². The highest BCUT2D eigenvalue weighted by molar-refractivity contribution is 6.33. The van der Waals surface area contributed by atoms with Crippen molar-refractivity contribution in [1.29, 1.82) is 0 Å². The minimum atomic E-state index is -0.369. The van der Waals surface area contributed by atoms with E-state index in [2.05, 4.69) is 34.0 Å². The lowest BCUT2D eigenvalue weighted by Crippen LogP contribution is -2.44. The highest BCUT2D eigenvalue weighted by Crippen LogP contribution is 2.46. The molecule has 1 aromatic rings. The molecule has 0 N–H and O–H groups in total. The van der Waals surface area contributed by atoms with Crippen LogP contribution in [0.3, 0.4) is 0 Å². The van der Waals surface area contributed by atoms with Gasteiger partial charge in [-0.1, -0.05) is 17.7 Å². The molecule has 1 saturated carbocycles. The van der Waals surface area contributed by atoms with Gasteiger partial charge in [-0.15, -0.1) is 0 Å². The number of isocyanates is 1. The van der Waals surface area contributed by atoms with Gasteiger partial charge in [0.1, 0.15) is 0 Å². The molecule has 1 aliphatic heterocycles. The van der Waals surface area contributed by atoms with Gasteiger partial charge in [0.2, 0.25) is 6.08 Å². The van der Waals surface area contributed by atoms with E-state index in [0.717, 1.165) is 61.7 Å². The number of likely N-dealkylation sites (N-methyl/N-ethyl adjacent to an activating group) is 1. The highest BCUT2D eigenvalue weighted by atomic mass is 35.5. The normalized spacial score (nSPS) is 21.5. The first kappa shape index (κ1) is 14.6. The Hall–Kier alpha value is -1.35. The van der Waals surface area contributed by atoms with Crippen LogP contribution in [0.25, 0.3) is 0 Å². The molecular weight excluding hydrogens is 286 g/mol. The van der Waals surface area contributed by atoms with Crippen molar-refractivity contribution in [3.8, 4) is 0 Å². The summed E-state index contributed by atoms with van der Waals surface area (Å²) in [4.78, 5) is 19.4. The van der Waals surface area contributed by atoms with Crippen molar-refractivity contribution in [2.24, 2.45) is 4.99 Å². The van der Waals surface area contributed by atoms with Crippen LogP contribution >= 0.6 is 11.6 Å². The van der Waals surface area contributed by atoms with Gasteiger partial charge in [0.15, 0.2) is 0 Å². The molecule has 0 unspecified atom stereocenters. The van der Waals surface area contributed by atoms with Crippen LogP contribution < -0.4 is 4.90 Å². The maximum Gasteiger partial charge on any atom is 0.235 e. The molecular formula is C16H20ClN3O. The van der Waals surface area contributed by atoms with Gasteiger partial charge in [0.05, 0.1) is 16.2 Å². The Morgan fingerprint density at radius 3 is 2.48 bits per heavy atom. The summed E-state index contributed by atoms with van der Waals surface area (Å²) < 4.78 is 0. The van der Waals surface area contributed by atoms with E-state index in [4.69, 9.17) is 11.6 Å². The second-order valence-electron chi connectivity index (χ2n) is 6.04. The van der Waals surface area contributed by atoms with Crippen molar-refractivity contribution in [2.45, 2.75) is 24.8 Å². The van der Waals surface area contributed by atoms with Gasteiger partial charge in [-0.2, -0.15) is 4.99 Å². The molecule has 0 aromatic heterocycles. The zero-order valence-electron chi connectivity index (χ0n) is 12.3. The van der Waals surface area contributed by atoms with Crippen molar-refractivity contribution in [1.82, 2.24) is 4.90 Å². The molecule has 3 rings (SSSR count). The van der Waals surface area contributed by atoms with Gasteiger partial charge < -0.3 is 9.80 Å². The first-order valence-corrected chi connectivity index (χ1v) is 7.85. The number of piperazine rings is 1. The Balaban J connectivity index is 1.84. The SMILES string of the molecule is CN1CCN(c2ccc(C3(N=C=O)CCC3)cc2Cl)CC1. The van der Waals surface area contributed by atoms with E-state index in [0.29, 0.717) is 0 Å².